The topological polar surface area (TPSA) is 87.5 Å². The molecule has 0 unspecified atom stereocenters. The van der Waals surface area contributed by atoms with Crippen molar-refractivity contribution in [1.29, 1.82) is 0 Å². The second-order valence-corrected chi connectivity index (χ2v) is 9.34. The zero-order valence-corrected chi connectivity index (χ0v) is 19.4. The van der Waals surface area contributed by atoms with E-state index in [1.165, 1.54) is 18.7 Å². The normalized spacial score (nSPS) is 16.5. The number of nitrogens with one attached hydrogen (secondary N) is 1. The Labute approximate surface area is 192 Å². The van der Waals surface area contributed by atoms with E-state index in [0.717, 1.165) is 63.1 Å². The van der Waals surface area contributed by atoms with Gasteiger partial charge in [0, 0.05) is 43.0 Å². The fraction of sp³-hybridized carbons (Fsp3) is 0.478. The summed E-state index contributed by atoms with van der Waals surface area (Å²) in [7, 11) is 2.09. The number of fused-ring (bicyclic) bond motifs is 1. The molecule has 1 fully saturated rings. The minimum absolute atomic E-state index is 0.0489. The number of hydrogen-bond donors (Lipinski definition) is 1. The van der Waals surface area contributed by atoms with Crippen LogP contribution in [0.5, 0.6) is 0 Å². The molecule has 1 saturated heterocycles. The zero-order chi connectivity index (χ0) is 22.7. The molecular weight excluding hydrogens is 426 g/mol. The van der Waals surface area contributed by atoms with Crippen LogP contribution in [-0.2, 0) is 17.6 Å². The van der Waals surface area contributed by atoms with Crippen molar-refractivity contribution in [3.8, 4) is 0 Å². The Morgan fingerprint density at radius 1 is 1.12 bits per heavy atom. The molecule has 0 radical (unpaired) electrons. The lowest BCUT2D eigenvalue weighted by Gasteiger charge is -2.37. The number of benzene rings is 1. The van der Waals surface area contributed by atoms with Crippen LogP contribution in [0.2, 0.25) is 0 Å². The summed E-state index contributed by atoms with van der Waals surface area (Å²) in [6, 6.07) is 6.89. The highest BCUT2D eigenvalue weighted by Gasteiger charge is 2.25. The van der Waals surface area contributed by atoms with E-state index >= 15 is 0 Å². The second kappa shape index (κ2) is 9.87. The monoisotopic (exact) mass is 455 g/mol. The first-order valence-electron chi connectivity index (χ1n) is 11.0. The van der Waals surface area contributed by atoms with Crippen molar-refractivity contribution in [2.45, 2.75) is 37.6 Å². The highest BCUT2D eigenvalue weighted by atomic mass is 32.2. The lowest BCUT2D eigenvalue weighted by molar-refractivity contribution is -0.113. The van der Waals surface area contributed by atoms with E-state index < -0.39 is 0 Å². The molecule has 9 heteroatoms. The summed E-state index contributed by atoms with van der Waals surface area (Å²) in [6.07, 6.45) is 3.85. The fourth-order valence-corrected chi connectivity index (χ4v) is 5.10. The van der Waals surface area contributed by atoms with Gasteiger partial charge in [0.25, 0.3) is 0 Å². The predicted molar refractivity (Wildman–Crippen MR) is 126 cm³/mol. The Morgan fingerprint density at radius 2 is 1.88 bits per heavy atom. The molecule has 32 heavy (non-hydrogen) atoms. The van der Waals surface area contributed by atoms with E-state index in [9.17, 15) is 14.4 Å². The third kappa shape index (κ3) is 5.05. The van der Waals surface area contributed by atoms with Gasteiger partial charge < -0.3 is 15.2 Å². The van der Waals surface area contributed by atoms with Gasteiger partial charge in [-0.15, -0.1) is 0 Å². The Hall–Kier alpha value is -2.65. The molecule has 0 bridgehead atoms. The summed E-state index contributed by atoms with van der Waals surface area (Å²) in [6.45, 7) is 4.94. The van der Waals surface area contributed by atoms with E-state index in [2.05, 4.69) is 27.3 Å². The van der Waals surface area contributed by atoms with Crippen molar-refractivity contribution < 1.29 is 9.59 Å². The predicted octanol–water partition coefficient (Wildman–Crippen LogP) is 1.94. The van der Waals surface area contributed by atoms with Gasteiger partial charge in [0.05, 0.1) is 11.4 Å². The second-order valence-electron chi connectivity index (χ2n) is 8.37. The third-order valence-corrected chi connectivity index (χ3v) is 7.00. The molecule has 0 spiro atoms. The van der Waals surface area contributed by atoms with Crippen LogP contribution < -0.4 is 16.0 Å². The van der Waals surface area contributed by atoms with Gasteiger partial charge in [-0.05, 0) is 51.8 Å². The molecule has 1 aromatic heterocycles. The van der Waals surface area contributed by atoms with Crippen LogP contribution in [0.4, 0.5) is 5.69 Å². The fourth-order valence-electron chi connectivity index (χ4n) is 4.22. The maximum Gasteiger partial charge on any atom is 0.367 e. The number of hydrogen-bond acceptors (Lipinski definition) is 7. The van der Waals surface area contributed by atoms with Crippen LogP contribution in [0.15, 0.2) is 34.1 Å². The Kier molecular flexibility index (Phi) is 6.95. The first kappa shape index (κ1) is 22.5. The maximum absolute atomic E-state index is 13.0. The average Bonchev–Trinajstić information content (AvgIpc) is 2.78. The number of thioether (sulfide) groups is 1. The smallest absolute Gasteiger partial charge is 0.325 e. The summed E-state index contributed by atoms with van der Waals surface area (Å²) in [5.41, 5.74) is 3.04. The van der Waals surface area contributed by atoms with Gasteiger partial charge in [0.15, 0.2) is 5.78 Å². The van der Waals surface area contributed by atoms with Gasteiger partial charge in [-0.2, -0.15) is 4.98 Å². The molecule has 1 amide bonds. The molecule has 1 aliphatic carbocycles. The van der Waals surface area contributed by atoms with Gasteiger partial charge in [-0.1, -0.05) is 23.9 Å². The number of likely N-dealkylation sites (N-methyl/N-ethyl adjacent to an activating group) is 1. The Morgan fingerprint density at radius 3 is 2.62 bits per heavy atom. The summed E-state index contributed by atoms with van der Waals surface area (Å²) in [5, 5.41) is 5.62. The quantitative estimate of drug-likeness (QED) is 0.405. The van der Waals surface area contributed by atoms with E-state index in [0.29, 0.717) is 16.3 Å². The molecule has 1 N–H and O–H groups in total. The summed E-state index contributed by atoms with van der Waals surface area (Å²) < 4.78 is 1.79. The minimum Gasteiger partial charge on any atom is -0.325 e. The van der Waals surface area contributed by atoms with Crippen molar-refractivity contribution in [1.82, 2.24) is 14.6 Å². The molecule has 2 heterocycles. The lowest BCUT2D eigenvalue weighted by atomic mass is 9.97. The Balaban J connectivity index is 1.50. The number of anilines is 1. The molecule has 1 aliphatic heterocycles. The van der Waals surface area contributed by atoms with Crippen LogP contribution in [0.3, 0.4) is 0 Å². The minimum atomic E-state index is -0.257. The van der Waals surface area contributed by atoms with E-state index in [1.54, 1.807) is 28.9 Å². The highest BCUT2D eigenvalue weighted by Crippen LogP contribution is 2.28. The molecule has 0 atom stereocenters. The number of carbonyl (C=O) groups is 2. The Bertz CT molecular complexity index is 1080. The number of nitrogens with zero attached hydrogens (tertiary/aromatic N) is 4. The summed E-state index contributed by atoms with van der Waals surface area (Å²) in [5.74, 6) is -0.0839. The molecule has 2 aliphatic rings. The summed E-state index contributed by atoms with van der Waals surface area (Å²) >= 11 is 1.31. The van der Waals surface area contributed by atoms with Crippen LogP contribution in [0.25, 0.3) is 0 Å². The molecule has 8 nitrogen and oxygen atoms in total. The summed E-state index contributed by atoms with van der Waals surface area (Å²) in [4.78, 5) is 43.7. The van der Waals surface area contributed by atoms with Crippen molar-refractivity contribution in [2.75, 3.05) is 49.3 Å². The van der Waals surface area contributed by atoms with E-state index in [-0.39, 0.29) is 23.1 Å². The number of piperazine rings is 1. The molecule has 4 rings (SSSR count). The first-order chi connectivity index (χ1) is 15.4. The molecule has 1 aromatic carbocycles. The van der Waals surface area contributed by atoms with Crippen LogP contribution >= 0.6 is 11.8 Å². The first-order valence-corrected chi connectivity index (χ1v) is 12.0. The van der Waals surface area contributed by atoms with Crippen molar-refractivity contribution in [3.05, 3.63) is 51.6 Å². The number of ketones is 1. The number of Topliss-reactive ketones (excluding diaryl/α,β-unsaturated/α-hetero) is 1. The third-order valence-electron chi connectivity index (χ3n) is 5.99. The molecular formula is C23H29N5O3S. The largest absolute Gasteiger partial charge is 0.367 e. The average molecular weight is 456 g/mol. The number of rotatable bonds is 6. The van der Waals surface area contributed by atoms with Crippen LogP contribution in [0, 0.1) is 0 Å². The van der Waals surface area contributed by atoms with Crippen LogP contribution in [-0.4, -0.2) is 65.2 Å². The van der Waals surface area contributed by atoms with Gasteiger partial charge >= 0.3 is 5.69 Å². The molecule has 0 saturated carbocycles. The maximum atomic E-state index is 13.0. The number of carbonyl (C=O) groups excluding carboxylic acids is 2. The van der Waals surface area contributed by atoms with Crippen molar-refractivity contribution in [3.63, 3.8) is 0 Å². The molecule has 2 aromatic rings. The number of aromatic nitrogens is 2. The van der Waals surface area contributed by atoms with E-state index in [4.69, 9.17) is 0 Å². The standard InChI is InChI=1S/C23H29N5O3S/c1-16(29)17-6-5-7-18(14-17)24-21(30)15-32-22-19-8-3-4-9-20(19)28(23(31)25-22)27-12-10-26(2)11-13-27/h5-7,14H,3-4,8-13,15H2,1-2H3,(H,24,30). The van der Waals surface area contributed by atoms with Crippen molar-refractivity contribution in [2.24, 2.45) is 0 Å². The van der Waals surface area contributed by atoms with Crippen LogP contribution in [0.1, 0.15) is 41.4 Å². The molecule has 170 valence electrons. The zero-order valence-electron chi connectivity index (χ0n) is 18.6. The van der Waals surface area contributed by atoms with Gasteiger partial charge in [0.2, 0.25) is 5.91 Å². The SMILES string of the molecule is CC(=O)c1cccc(NC(=O)CSc2nc(=O)n(N3CCN(C)CC3)c3c2CCCC3)c1. The number of amides is 1. The van der Waals surface area contributed by atoms with Gasteiger partial charge in [0.1, 0.15) is 5.03 Å². The van der Waals surface area contributed by atoms with Crippen molar-refractivity contribution >= 4 is 29.1 Å². The van der Waals surface area contributed by atoms with Gasteiger partial charge in [-0.25, -0.2) is 9.47 Å². The van der Waals surface area contributed by atoms with Gasteiger partial charge in [-0.3, -0.25) is 9.59 Å². The van der Waals surface area contributed by atoms with E-state index in [1.807, 2.05) is 0 Å². The lowest BCUT2D eigenvalue weighted by Crippen LogP contribution is -2.54. The highest BCUT2D eigenvalue weighted by molar-refractivity contribution is 8.00.